The first-order valence-electron chi connectivity index (χ1n) is 9.66. The van der Waals surface area contributed by atoms with Gasteiger partial charge in [-0.15, -0.1) is 0 Å². The minimum atomic E-state index is 0.728. The van der Waals surface area contributed by atoms with E-state index in [1.165, 1.54) is 9.79 Å². The van der Waals surface area contributed by atoms with Crippen LogP contribution in [0.15, 0.2) is 71.5 Å². The smallest absolute Gasteiger partial charge is 0.119 e. The molecule has 144 valence electrons. The van der Waals surface area contributed by atoms with Crippen molar-refractivity contribution >= 4 is 23.3 Å². The summed E-state index contributed by atoms with van der Waals surface area (Å²) in [6.07, 6.45) is 4.36. The predicted octanol–water partition coefficient (Wildman–Crippen LogP) is 7.41. The lowest BCUT2D eigenvalue weighted by atomic mass is 10.2. The molecule has 0 amide bonds. The van der Waals surface area contributed by atoms with Crippen LogP contribution in [0.25, 0.3) is 11.5 Å². The maximum absolute atomic E-state index is 5.68. The summed E-state index contributed by atoms with van der Waals surface area (Å²) >= 11 is 1.73. The summed E-state index contributed by atoms with van der Waals surface area (Å²) in [7, 11) is 0. The molecule has 2 aromatic rings. The van der Waals surface area contributed by atoms with Crippen LogP contribution in [0.5, 0.6) is 0 Å². The fraction of sp³-hybridized carbons (Fsp3) is 0.333. The molecule has 0 spiro atoms. The highest BCUT2D eigenvalue weighted by molar-refractivity contribution is 7.99. The Morgan fingerprint density at radius 2 is 1.07 bits per heavy atom. The van der Waals surface area contributed by atoms with E-state index in [0.29, 0.717) is 0 Å². The van der Waals surface area contributed by atoms with Crippen LogP contribution in [0.3, 0.4) is 0 Å². The Morgan fingerprint density at radius 3 is 1.41 bits per heavy atom. The Balaban J connectivity index is 1.89. The van der Waals surface area contributed by atoms with Gasteiger partial charge in [-0.2, -0.15) is 0 Å². The molecular weight excluding hydrogens is 352 g/mol. The first-order chi connectivity index (χ1) is 13.1. The van der Waals surface area contributed by atoms with Crippen molar-refractivity contribution in [2.75, 3.05) is 13.2 Å². The molecule has 0 aliphatic rings. The SMILES string of the molecule is C=C(OCCCC)c1ccc(Sc2ccc(C(=C)OCCCC)cc2)cc1. The highest BCUT2D eigenvalue weighted by atomic mass is 32.2. The maximum Gasteiger partial charge on any atom is 0.119 e. The lowest BCUT2D eigenvalue weighted by Crippen LogP contribution is -1.93. The van der Waals surface area contributed by atoms with Crippen molar-refractivity contribution in [3.8, 4) is 0 Å². The van der Waals surface area contributed by atoms with E-state index in [4.69, 9.17) is 9.47 Å². The standard InChI is InChI=1S/C24H30O2S/c1-5-7-17-25-19(3)21-9-13-23(14-10-21)27-24-15-11-22(12-16-24)20(4)26-18-8-6-2/h9-16H,3-8,17-18H2,1-2H3. The van der Waals surface area contributed by atoms with E-state index in [1.54, 1.807) is 11.8 Å². The van der Waals surface area contributed by atoms with Gasteiger partial charge in [0.2, 0.25) is 0 Å². The fourth-order valence-electron chi connectivity index (χ4n) is 2.40. The number of benzene rings is 2. The highest BCUT2D eigenvalue weighted by Crippen LogP contribution is 2.30. The molecule has 2 aromatic carbocycles. The van der Waals surface area contributed by atoms with Gasteiger partial charge in [0.15, 0.2) is 0 Å². The van der Waals surface area contributed by atoms with Crippen molar-refractivity contribution in [2.24, 2.45) is 0 Å². The topological polar surface area (TPSA) is 18.5 Å². The Morgan fingerprint density at radius 1 is 0.704 bits per heavy atom. The van der Waals surface area contributed by atoms with Crippen LogP contribution >= 0.6 is 11.8 Å². The monoisotopic (exact) mass is 382 g/mol. The molecule has 3 heteroatoms. The zero-order valence-corrected chi connectivity index (χ0v) is 17.3. The second-order valence-corrected chi connectivity index (χ2v) is 7.55. The summed E-state index contributed by atoms with van der Waals surface area (Å²) in [4.78, 5) is 2.37. The normalized spacial score (nSPS) is 10.4. The summed E-state index contributed by atoms with van der Waals surface area (Å²) in [5, 5.41) is 0. The summed E-state index contributed by atoms with van der Waals surface area (Å²) < 4.78 is 11.4. The Kier molecular flexibility index (Phi) is 9.06. The fourth-order valence-corrected chi connectivity index (χ4v) is 3.22. The van der Waals surface area contributed by atoms with Gasteiger partial charge in [0.1, 0.15) is 11.5 Å². The largest absolute Gasteiger partial charge is 0.494 e. The molecule has 0 heterocycles. The quantitative estimate of drug-likeness (QED) is 0.281. The van der Waals surface area contributed by atoms with Gasteiger partial charge in [-0.05, 0) is 37.1 Å². The van der Waals surface area contributed by atoms with E-state index >= 15 is 0 Å². The molecule has 0 N–H and O–H groups in total. The third kappa shape index (κ3) is 7.18. The second-order valence-electron chi connectivity index (χ2n) is 6.40. The first-order valence-corrected chi connectivity index (χ1v) is 10.5. The lowest BCUT2D eigenvalue weighted by Gasteiger charge is -2.10. The third-order valence-corrected chi connectivity index (χ3v) is 5.15. The minimum Gasteiger partial charge on any atom is -0.494 e. The van der Waals surface area contributed by atoms with Crippen LogP contribution in [0.2, 0.25) is 0 Å². The van der Waals surface area contributed by atoms with Crippen LogP contribution in [-0.2, 0) is 9.47 Å². The third-order valence-electron chi connectivity index (χ3n) is 4.14. The number of hydrogen-bond donors (Lipinski definition) is 0. The molecule has 0 aromatic heterocycles. The molecule has 0 saturated heterocycles. The second kappa shape index (κ2) is 11.6. The average Bonchev–Trinajstić information content (AvgIpc) is 2.69. The van der Waals surface area contributed by atoms with Gasteiger partial charge in [0.25, 0.3) is 0 Å². The van der Waals surface area contributed by atoms with Gasteiger partial charge >= 0.3 is 0 Å². The summed E-state index contributed by atoms with van der Waals surface area (Å²) in [6, 6.07) is 16.7. The van der Waals surface area contributed by atoms with Crippen LogP contribution in [0.4, 0.5) is 0 Å². The van der Waals surface area contributed by atoms with Gasteiger partial charge in [-0.3, -0.25) is 0 Å². The summed E-state index contributed by atoms with van der Waals surface area (Å²) in [5.74, 6) is 1.48. The van der Waals surface area contributed by atoms with Gasteiger partial charge in [0.05, 0.1) is 13.2 Å². The Bertz CT molecular complexity index is 654. The average molecular weight is 383 g/mol. The van der Waals surface area contributed by atoms with Crippen molar-refractivity contribution in [1.82, 2.24) is 0 Å². The number of hydrogen-bond acceptors (Lipinski definition) is 3. The predicted molar refractivity (Wildman–Crippen MR) is 117 cm³/mol. The zero-order valence-electron chi connectivity index (χ0n) is 16.5. The molecule has 0 radical (unpaired) electrons. The maximum atomic E-state index is 5.68. The van der Waals surface area contributed by atoms with E-state index in [9.17, 15) is 0 Å². The van der Waals surface area contributed by atoms with Crippen molar-refractivity contribution in [3.63, 3.8) is 0 Å². The molecule has 0 unspecified atom stereocenters. The lowest BCUT2D eigenvalue weighted by molar-refractivity contribution is 0.271. The number of unbranched alkanes of at least 4 members (excludes halogenated alkanes) is 2. The van der Waals surface area contributed by atoms with Crippen molar-refractivity contribution in [2.45, 2.75) is 49.3 Å². The molecule has 0 fully saturated rings. The van der Waals surface area contributed by atoms with Gasteiger partial charge in [-0.1, -0.05) is 75.9 Å². The molecule has 0 atom stereocenters. The van der Waals surface area contributed by atoms with Crippen molar-refractivity contribution in [1.29, 1.82) is 0 Å². The zero-order chi connectivity index (χ0) is 19.5. The molecule has 0 saturated carbocycles. The van der Waals surface area contributed by atoms with Crippen LogP contribution in [0, 0.1) is 0 Å². The number of ether oxygens (including phenoxy) is 2. The summed E-state index contributed by atoms with van der Waals surface area (Å²) in [6.45, 7) is 13.8. The molecule has 2 nitrogen and oxygen atoms in total. The molecule has 0 aliphatic heterocycles. The Hall–Kier alpha value is -2.13. The van der Waals surface area contributed by atoms with Crippen LogP contribution in [-0.4, -0.2) is 13.2 Å². The molecule has 27 heavy (non-hydrogen) atoms. The van der Waals surface area contributed by atoms with E-state index in [2.05, 4.69) is 75.5 Å². The van der Waals surface area contributed by atoms with E-state index in [-0.39, 0.29) is 0 Å². The number of rotatable bonds is 12. The first kappa shape index (κ1) is 21.2. The van der Waals surface area contributed by atoms with Crippen LogP contribution in [0.1, 0.15) is 50.7 Å². The molecular formula is C24H30O2S. The summed E-state index contributed by atoms with van der Waals surface area (Å²) in [5.41, 5.74) is 2.07. The van der Waals surface area contributed by atoms with Gasteiger partial charge in [-0.25, -0.2) is 0 Å². The van der Waals surface area contributed by atoms with E-state index in [0.717, 1.165) is 61.5 Å². The van der Waals surface area contributed by atoms with Crippen LogP contribution < -0.4 is 0 Å². The minimum absolute atomic E-state index is 0.728. The highest BCUT2D eigenvalue weighted by Gasteiger charge is 2.04. The van der Waals surface area contributed by atoms with Gasteiger partial charge < -0.3 is 9.47 Å². The molecule has 0 aliphatic carbocycles. The van der Waals surface area contributed by atoms with Crippen molar-refractivity contribution in [3.05, 3.63) is 72.8 Å². The molecule has 0 bridgehead atoms. The molecule has 2 rings (SSSR count). The van der Waals surface area contributed by atoms with E-state index in [1.807, 2.05) is 0 Å². The Labute approximate surface area is 168 Å². The van der Waals surface area contributed by atoms with E-state index < -0.39 is 0 Å². The van der Waals surface area contributed by atoms with Gasteiger partial charge in [0, 0.05) is 20.9 Å². The van der Waals surface area contributed by atoms with Crippen molar-refractivity contribution < 1.29 is 9.47 Å².